The van der Waals surface area contributed by atoms with Crippen molar-refractivity contribution in [2.45, 2.75) is 6.92 Å². The van der Waals surface area contributed by atoms with Crippen molar-refractivity contribution in [3.63, 3.8) is 0 Å². The molecule has 0 aromatic heterocycles. The highest BCUT2D eigenvalue weighted by atomic mass is 35.5. The SMILES string of the molecule is CCOC(=O)c1cc(F)ccc1Oc1cccc(Cl)c1Cl. The van der Waals surface area contributed by atoms with Gasteiger partial charge in [0.1, 0.15) is 27.9 Å². The lowest BCUT2D eigenvalue weighted by Crippen LogP contribution is -2.07. The molecule has 6 heteroatoms. The molecule has 21 heavy (non-hydrogen) atoms. The van der Waals surface area contributed by atoms with Gasteiger partial charge in [-0.15, -0.1) is 0 Å². The minimum atomic E-state index is -0.676. The van der Waals surface area contributed by atoms with Gasteiger partial charge in [-0.05, 0) is 37.3 Å². The van der Waals surface area contributed by atoms with Crippen molar-refractivity contribution < 1.29 is 18.7 Å². The van der Waals surface area contributed by atoms with E-state index in [1.165, 1.54) is 12.1 Å². The van der Waals surface area contributed by atoms with Crippen LogP contribution in [-0.2, 0) is 4.74 Å². The summed E-state index contributed by atoms with van der Waals surface area (Å²) in [5.74, 6) is -0.840. The van der Waals surface area contributed by atoms with Gasteiger partial charge in [0, 0.05) is 0 Å². The molecule has 0 saturated carbocycles. The monoisotopic (exact) mass is 328 g/mol. The Morgan fingerprint density at radius 3 is 2.67 bits per heavy atom. The van der Waals surface area contributed by atoms with Gasteiger partial charge in [0.25, 0.3) is 0 Å². The van der Waals surface area contributed by atoms with Gasteiger partial charge >= 0.3 is 5.97 Å². The third-order valence-corrected chi connectivity index (χ3v) is 3.37. The summed E-state index contributed by atoms with van der Waals surface area (Å²) in [6, 6.07) is 8.40. The molecule has 0 fully saturated rings. The van der Waals surface area contributed by atoms with Crippen LogP contribution in [0.15, 0.2) is 36.4 Å². The highest BCUT2D eigenvalue weighted by Gasteiger charge is 2.17. The fraction of sp³-hybridized carbons (Fsp3) is 0.133. The predicted octanol–water partition coefficient (Wildman–Crippen LogP) is 5.10. The summed E-state index contributed by atoms with van der Waals surface area (Å²) in [5.41, 5.74) is -0.0205. The summed E-state index contributed by atoms with van der Waals surface area (Å²) in [6.07, 6.45) is 0. The summed E-state index contributed by atoms with van der Waals surface area (Å²) in [7, 11) is 0. The zero-order chi connectivity index (χ0) is 15.4. The highest BCUT2D eigenvalue weighted by Crippen LogP contribution is 2.36. The van der Waals surface area contributed by atoms with Gasteiger partial charge in [-0.1, -0.05) is 29.3 Å². The molecule has 2 aromatic carbocycles. The molecule has 0 saturated heterocycles. The van der Waals surface area contributed by atoms with Crippen LogP contribution in [-0.4, -0.2) is 12.6 Å². The maximum Gasteiger partial charge on any atom is 0.342 e. The minimum Gasteiger partial charge on any atom is -0.462 e. The molecule has 0 heterocycles. The molecule has 2 aromatic rings. The molecule has 0 unspecified atom stereocenters. The fourth-order valence-corrected chi connectivity index (χ4v) is 1.97. The molecule has 0 N–H and O–H groups in total. The lowest BCUT2D eigenvalue weighted by atomic mass is 10.2. The van der Waals surface area contributed by atoms with Crippen LogP contribution in [0, 0.1) is 5.82 Å². The first-order valence-electron chi connectivity index (χ1n) is 6.11. The number of halogens is 3. The molecule has 0 aliphatic rings. The van der Waals surface area contributed by atoms with Gasteiger partial charge in [-0.25, -0.2) is 9.18 Å². The number of ether oxygens (including phenoxy) is 2. The standard InChI is InChI=1S/C15H11Cl2FO3/c1-2-20-15(19)10-8-9(18)6-7-12(10)21-13-5-3-4-11(16)14(13)17/h3-8H,2H2,1H3. The zero-order valence-electron chi connectivity index (χ0n) is 11.0. The van der Waals surface area contributed by atoms with Gasteiger partial charge in [-0.3, -0.25) is 0 Å². The van der Waals surface area contributed by atoms with Crippen molar-refractivity contribution in [2.24, 2.45) is 0 Å². The van der Waals surface area contributed by atoms with E-state index in [0.717, 1.165) is 6.07 Å². The van der Waals surface area contributed by atoms with Crippen molar-refractivity contribution in [2.75, 3.05) is 6.61 Å². The fourth-order valence-electron chi connectivity index (χ4n) is 1.64. The second-order valence-corrected chi connectivity index (χ2v) is 4.80. The lowest BCUT2D eigenvalue weighted by Gasteiger charge is -2.12. The van der Waals surface area contributed by atoms with Crippen molar-refractivity contribution in [1.82, 2.24) is 0 Å². The first-order valence-corrected chi connectivity index (χ1v) is 6.87. The Morgan fingerprint density at radius 1 is 1.19 bits per heavy atom. The second-order valence-electron chi connectivity index (χ2n) is 4.01. The van der Waals surface area contributed by atoms with E-state index in [-0.39, 0.29) is 28.7 Å². The maximum atomic E-state index is 13.3. The molecule has 0 atom stereocenters. The maximum absolute atomic E-state index is 13.3. The van der Waals surface area contributed by atoms with Crippen LogP contribution in [0.5, 0.6) is 11.5 Å². The summed E-state index contributed by atoms with van der Waals surface area (Å²) in [4.78, 5) is 11.8. The molecule has 0 aliphatic carbocycles. The first kappa shape index (κ1) is 15.6. The van der Waals surface area contributed by atoms with Gasteiger partial charge in [0.05, 0.1) is 11.6 Å². The van der Waals surface area contributed by atoms with Crippen molar-refractivity contribution in [3.8, 4) is 11.5 Å². The molecular weight excluding hydrogens is 318 g/mol. The smallest absolute Gasteiger partial charge is 0.342 e. The highest BCUT2D eigenvalue weighted by molar-refractivity contribution is 6.42. The summed E-state index contributed by atoms with van der Waals surface area (Å²) >= 11 is 11.9. The van der Waals surface area contributed by atoms with Crippen LogP contribution in [0.25, 0.3) is 0 Å². The van der Waals surface area contributed by atoms with E-state index in [9.17, 15) is 9.18 Å². The first-order chi connectivity index (χ1) is 10.0. The van der Waals surface area contributed by atoms with Gasteiger partial charge in [0.2, 0.25) is 0 Å². The van der Waals surface area contributed by atoms with Crippen LogP contribution in [0.4, 0.5) is 4.39 Å². The molecular formula is C15H11Cl2FO3. The van der Waals surface area contributed by atoms with E-state index in [1.807, 2.05) is 0 Å². The zero-order valence-corrected chi connectivity index (χ0v) is 12.5. The topological polar surface area (TPSA) is 35.5 Å². The number of rotatable bonds is 4. The second kappa shape index (κ2) is 6.78. The Labute approximate surface area is 131 Å². The van der Waals surface area contributed by atoms with Crippen LogP contribution in [0.2, 0.25) is 10.0 Å². The average Bonchev–Trinajstić information content (AvgIpc) is 2.46. The van der Waals surface area contributed by atoms with E-state index < -0.39 is 11.8 Å². The number of hydrogen-bond acceptors (Lipinski definition) is 3. The van der Waals surface area contributed by atoms with Gasteiger partial charge < -0.3 is 9.47 Å². The Bertz CT molecular complexity index is 674. The number of esters is 1. The van der Waals surface area contributed by atoms with Crippen molar-refractivity contribution in [3.05, 3.63) is 57.8 Å². The Hall–Kier alpha value is -1.78. The molecule has 110 valence electrons. The molecule has 0 amide bonds. The number of carbonyl (C=O) groups is 1. The van der Waals surface area contributed by atoms with Gasteiger partial charge in [0.15, 0.2) is 0 Å². The predicted molar refractivity (Wildman–Crippen MR) is 78.9 cm³/mol. The van der Waals surface area contributed by atoms with Crippen LogP contribution < -0.4 is 4.74 Å². The number of benzene rings is 2. The van der Waals surface area contributed by atoms with E-state index in [2.05, 4.69) is 0 Å². The van der Waals surface area contributed by atoms with Crippen LogP contribution >= 0.6 is 23.2 Å². The lowest BCUT2D eigenvalue weighted by molar-refractivity contribution is 0.0523. The van der Waals surface area contributed by atoms with Crippen molar-refractivity contribution in [1.29, 1.82) is 0 Å². The molecule has 2 rings (SSSR count). The molecule has 0 radical (unpaired) electrons. The van der Waals surface area contributed by atoms with E-state index in [0.29, 0.717) is 5.02 Å². The third kappa shape index (κ3) is 3.65. The van der Waals surface area contributed by atoms with E-state index >= 15 is 0 Å². The van der Waals surface area contributed by atoms with Crippen molar-refractivity contribution >= 4 is 29.2 Å². The number of carbonyl (C=O) groups excluding carboxylic acids is 1. The quantitative estimate of drug-likeness (QED) is 0.732. The minimum absolute atomic E-state index is 0.0205. The third-order valence-electron chi connectivity index (χ3n) is 2.57. The summed E-state index contributed by atoms with van der Waals surface area (Å²) < 4.78 is 23.7. The average molecular weight is 329 g/mol. The molecule has 0 aliphatic heterocycles. The molecule has 0 spiro atoms. The number of hydrogen-bond donors (Lipinski definition) is 0. The van der Waals surface area contributed by atoms with Crippen LogP contribution in [0.3, 0.4) is 0 Å². The normalized spacial score (nSPS) is 10.3. The molecule has 3 nitrogen and oxygen atoms in total. The van der Waals surface area contributed by atoms with E-state index in [4.69, 9.17) is 32.7 Å². The van der Waals surface area contributed by atoms with Crippen LogP contribution in [0.1, 0.15) is 17.3 Å². The largest absolute Gasteiger partial charge is 0.462 e. The Balaban J connectivity index is 2.40. The summed E-state index contributed by atoms with van der Waals surface area (Å²) in [6.45, 7) is 1.83. The van der Waals surface area contributed by atoms with Gasteiger partial charge in [-0.2, -0.15) is 0 Å². The Morgan fingerprint density at radius 2 is 1.95 bits per heavy atom. The van der Waals surface area contributed by atoms with E-state index in [1.54, 1.807) is 25.1 Å². The molecule has 0 bridgehead atoms. The summed E-state index contributed by atoms with van der Waals surface area (Å²) in [5, 5.41) is 0.521. The Kier molecular flexibility index (Phi) is 5.04.